The van der Waals surface area contributed by atoms with Gasteiger partial charge in [0.2, 0.25) is 0 Å². The van der Waals surface area contributed by atoms with E-state index in [1.807, 2.05) is 0 Å². The maximum atomic E-state index is 13.6. The number of alkyl halides is 21. The predicted octanol–water partition coefficient (Wildman–Crippen LogP) is 6.97. The highest BCUT2D eigenvalue weighted by molar-refractivity contribution is 5.81. The van der Waals surface area contributed by atoms with Gasteiger partial charge < -0.3 is 9.47 Å². The Kier molecular flexibility index (Phi) is 9.37. The Morgan fingerprint density at radius 3 is 1.05 bits per heavy atom. The predicted molar refractivity (Wildman–Crippen MR) is 77.7 cm³/mol. The largest absolute Gasteiger partial charge is 0.460 e. The van der Waals surface area contributed by atoms with Gasteiger partial charge in [0, 0.05) is 6.08 Å². The first-order chi connectivity index (χ1) is 16.7. The molecule has 0 fully saturated rings. The molecule has 0 aliphatic rings. The van der Waals surface area contributed by atoms with E-state index in [2.05, 4.69) is 16.1 Å². The topological polar surface area (TPSA) is 35.5 Å². The van der Waals surface area contributed by atoms with Crippen molar-refractivity contribution in [2.75, 3.05) is 13.2 Å². The molecule has 0 radical (unpaired) electrons. The van der Waals surface area contributed by atoms with Crippen LogP contribution in [0.5, 0.6) is 0 Å². The van der Waals surface area contributed by atoms with Gasteiger partial charge in [-0.15, -0.1) is 0 Å². The van der Waals surface area contributed by atoms with Gasteiger partial charge in [-0.2, -0.15) is 92.2 Å². The molecule has 0 N–H and O–H groups in total. The zero-order valence-corrected chi connectivity index (χ0v) is 17.4. The Balaban J connectivity index is 6.70. The van der Waals surface area contributed by atoms with Crippen molar-refractivity contribution in [3.8, 4) is 0 Å². The minimum absolute atomic E-state index is 0.258. The number of ether oxygens (including phenoxy) is 2. The minimum atomic E-state index is -9.24. The fourth-order valence-electron chi connectivity index (χ4n) is 2.01. The fourth-order valence-corrected chi connectivity index (χ4v) is 2.01. The third kappa shape index (κ3) is 5.15. The van der Waals surface area contributed by atoms with Crippen LogP contribution in [-0.2, 0) is 14.3 Å². The van der Waals surface area contributed by atoms with Crippen LogP contribution in [0.4, 0.5) is 92.2 Å². The molecule has 0 saturated heterocycles. The molecule has 0 aromatic rings. The zero-order valence-electron chi connectivity index (χ0n) is 17.4. The van der Waals surface area contributed by atoms with Crippen molar-refractivity contribution in [2.24, 2.45) is 0 Å². The monoisotopic (exact) mass is 634 g/mol. The molecule has 0 aliphatic heterocycles. The molecule has 3 nitrogen and oxygen atoms in total. The number of esters is 1. The Bertz CT molecular complexity index is 903. The first kappa shape index (κ1) is 36.7. The van der Waals surface area contributed by atoms with Crippen LogP contribution >= 0.6 is 0 Å². The van der Waals surface area contributed by atoms with Gasteiger partial charge in [-0.05, 0) is 0 Å². The van der Waals surface area contributed by atoms with Crippen LogP contribution in [0.15, 0.2) is 12.7 Å². The second kappa shape index (κ2) is 9.96. The Labute approximate surface area is 199 Å². The summed E-state index contributed by atoms with van der Waals surface area (Å²) in [5.74, 6) is -72.6. The SMILES string of the molecule is C=CC(=O)OCCOC(F)(F)C(F)(F)C(F)(F)C(F)(F)C(F)(F)C(F)(F)C(F)(F)C(F)(F)C(F)(F)C(F)(F)F. The van der Waals surface area contributed by atoms with E-state index in [9.17, 15) is 97.0 Å². The van der Waals surface area contributed by atoms with E-state index in [0.29, 0.717) is 0 Å². The van der Waals surface area contributed by atoms with Gasteiger partial charge in [0.25, 0.3) is 0 Å². The molecular weight excluding hydrogens is 627 g/mol. The minimum Gasteiger partial charge on any atom is -0.460 e. The number of hydrogen-bond donors (Lipinski definition) is 0. The van der Waals surface area contributed by atoms with E-state index < -0.39 is 78.8 Å². The third-order valence-electron chi connectivity index (χ3n) is 4.26. The molecule has 0 saturated carbocycles. The molecule has 0 aromatic heterocycles. The highest BCUT2D eigenvalue weighted by Crippen LogP contribution is 2.66. The van der Waals surface area contributed by atoms with Crippen molar-refractivity contribution >= 4 is 5.97 Å². The van der Waals surface area contributed by atoms with E-state index in [1.165, 1.54) is 0 Å². The Morgan fingerprint density at radius 1 is 0.487 bits per heavy atom. The summed E-state index contributed by atoms with van der Waals surface area (Å²) in [5, 5.41) is 0. The molecule has 0 bridgehead atoms. The Morgan fingerprint density at radius 2 is 0.769 bits per heavy atom. The quantitative estimate of drug-likeness (QED) is 0.0951. The molecule has 0 rings (SSSR count). The molecule has 0 aliphatic carbocycles. The van der Waals surface area contributed by atoms with Crippen LogP contribution in [0.1, 0.15) is 0 Å². The van der Waals surface area contributed by atoms with Crippen LogP contribution in [0.3, 0.4) is 0 Å². The summed E-state index contributed by atoms with van der Waals surface area (Å²) in [6.45, 7) is -1.15. The van der Waals surface area contributed by atoms with E-state index in [4.69, 9.17) is 0 Å². The van der Waals surface area contributed by atoms with Crippen LogP contribution in [0, 0.1) is 0 Å². The van der Waals surface area contributed by atoms with Gasteiger partial charge in [0.05, 0.1) is 6.61 Å². The van der Waals surface area contributed by atoms with Crippen molar-refractivity contribution in [3.63, 3.8) is 0 Å². The molecule has 232 valence electrons. The molecule has 0 aromatic carbocycles. The average Bonchev–Trinajstić information content (AvgIpc) is 2.74. The van der Waals surface area contributed by atoms with Crippen molar-refractivity contribution < 1.29 is 106 Å². The van der Waals surface area contributed by atoms with Gasteiger partial charge in [0.15, 0.2) is 0 Å². The number of carbonyl (C=O) groups is 1. The Hall–Kier alpha value is -2.30. The van der Waals surface area contributed by atoms with E-state index in [0.717, 1.165) is 0 Å². The molecule has 0 spiro atoms. The van der Waals surface area contributed by atoms with Gasteiger partial charge >= 0.3 is 65.6 Å². The lowest BCUT2D eigenvalue weighted by molar-refractivity contribution is -0.484. The molecule has 0 atom stereocenters. The lowest BCUT2D eigenvalue weighted by atomic mass is 9.87. The van der Waals surface area contributed by atoms with Gasteiger partial charge in [-0.3, -0.25) is 0 Å². The maximum absolute atomic E-state index is 13.6. The van der Waals surface area contributed by atoms with Crippen LogP contribution < -0.4 is 0 Å². The number of carbonyl (C=O) groups excluding carboxylic acids is 1. The summed E-state index contributed by atoms with van der Waals surface area (Å²) in [5.41, 5.74) is 0. The molecule has 0 unspecified atom stereocenters. The lowest BCUT2D eigenvalue weighted by Crippen LogP contribution is -2.77. The molecule has 0 heterocycles. The van der Waals surface area contributed by atoms with Crippen LogP contribution in [-0.4, -0.2) is 78.8 Å². The van der Waals surface area contributed by atoms with E-state index in [-0.39, 0.29) is 6.08 Å². The highest BCUT2D eigenvalue weighted by Gasteiger charge is 2.98. The van der Waals surface area contributed by atoms with Crippen molar-refractivity contribution in [3.05, 3.63) is 12.7 Å². The first-order valence-corrected chi connectivity index (χ1v) is 8.61. The summed E-state index contributed by atoms with van der Waals surface area (Å²) in [6.07, 6.45) is -15.0. The normalized spacial score (nSPS) is 15.8. The molecule has 24 heteroatoms. The number of halogens is 21. The number of rotatable bonds is 13. The fraction of sp³-hybridized carbons (Fsp3) is 0.800. The summed E-state index contributed by atoms with van der Waals surface area (Å²) in [6, 6.07) is 0. The number of hydrogen-bond acceptors (Lipinski definition) is 3. The second-order valence-corrected chi connectivity index (χ2v) is 6.83. The molecule has 39 heavy (non-hydrogen) atoms. The summed E-state index contributed by atoms with van der Waals surface area (Å²) in [4.78, 5) is 10.6. The van der Waals surface area contributed by atoms with Crippen molar-refractivity contribution in [1.82, 2.24) is 0 Å². The third-order valence-corrected chi connectivity index (χ3v) is 4.26. The zero-order chi connectivity index (χ0) is 32.1. The molecule has 0 amide bonds. The highest BCUT2D eigenvalue weighted by atomic mass is 19.4. The summed E-state index contributed by atoms with van der Waals surface area (Å²) in [7, 11) is 0. The average molecular weight is 634 g/mol. The van der Waals surface area contributed by atoms with Crippen LogP contribution in [0.2, 0.25) is 0 Å². The standard InChI is InChI=1S/C15H7F21O3/c1-2-5(37)38-3-4-39-15(35,36)13(30,31)11(26,27)9(22,23)7(18,19)6(16,17)8(20,21)10(24,25)12(28,29)14(32,33)34/h2H,1,3-4H2. The van der Waals surface area contributed by atoms with Crippen molar-refractivity contribution in [1.29, 1.82) is 0 Å². The lowest BCUT2D eigenvalue weighted by Gasteiger charge is -2.44. The smallest absolute Gasteiger partial charge is 0.460 e. The van der Waals surface area contributed by atoms with E-state index in [1.54, 1.807) is 0 Å². The summed E-state index contributed by atoms with van der Waals surface area (Å²) < 4.78 is 282. The first-order valence-electron chi connectivity index (χ1n) is 8.61. The van der Waals surface area contributed by atoms with Crippen molar-refractivity contribution in [2.45, 2.75) is 59.7 Å². The van der Waals surface area contributed by atoms with Gasteiger partial charge in [-0.1, -0.05) is 6.58 Å². The van der Waals surface area contributed by atoms with Crippen LogP contribution in [0.25, 0.3) is 0 Å². The maximum Gasteiger partial charge on any atom is 0.460 e. The second-order valence-electron chi connectivity index (χ2n) is 6.83. The van der Waals surface area contributed by atoms with Gasteiger partial charge in [-0.25, -0.2) is 4.79 Å². The van der Waals surface area contributed by atoms with E-state index >= 15 is 0 Å². The summed E-state index contributed by atoms with van der Waals surface area (Å²) >= 11 is 0. The van der Waals surface area contributed by atoms with Gasteiger partial charge in [0.1, 0.15) is 6.61 Å². The molecular formula is C15H7F21O3.